The molecule has 1 saturated carbocycles. The van der Waals surface area contributed by atoms with Crippen LogP contribution in [-0.2, 0) is 4.74 Å². The quantitative estimate of drug-likeness (QED) is 0.396. The SMILES string of the molecule is C=C(/C=C\C(=C/CN)OC)/C=C(\C)C1CC1CCCO.CCCC.CO. The fraction of sp³-hybridized carbons (Fsp3) is 0.636. The normalized spacial score (nSPS) is 19.2. The molecule has 0 radical (unpaired) electrons. The zero-order valence-corrected chi connectivity index (χ0v) is 17.5. The lowest BCUT2D eigenvalue weighted by Crippen LogP contribution is -1.96. The number of unbranched alkanes of at least 4 members (excludes halogenated alkanes) is 1. The zero-order chi connectivity index (χ0) is 20.4. The Kier molecular flexibility index (Phi) is 19.0. The summed E-state index contributed by atoms with van der Waals surface area (Å²) in [5.74, 6) is 2.18. The van der Waals surface area contributed by atoms with Crippen LogP contribution in [-0.4, -0.2) is 37.6 Å². The van der Waals surface area contributed by atoms with Crippen molar-refractivity contribution in [3.05, 3.63) is 47.8 Å². The number of methoxy groups -OCH3 is 1. The van der Waals surface area contributed by atoms with Crippen molar-refractivity contribution in [3.8, 4) is 0 Å². The topological polar surface area (TPSA) is 75.7 Å². The van der Waals surface area contributed by atoms with Gasteiger partial charge in [-0.15, -0.1) is 0 Å². The Morgan fingerprint density at radius 1 is 1.23 bits per heavy atom. The average molecular weight is 368 g/mol. The molecular weight excluding hydrogens is 326 g/mol. The molecule has 1 aliphatic rings. The smallest absolute Gasteiger partial charge is 0.116 e. The summed E-state index contributed by atoms with van der Waals surface area (Å²) >= 11 is 0. The van der Waals surface area contributed by atoms with E-state index >= 15 is 0 Å². The predicted octanol–water partition coefficient (Wildman–Crippen LogP) is 4.36. The standard InChI is InChI=1S/C17H27NO2.C4H10.CH4O/c1-13(6-7-16(20-3)8-9-18)11-14(2)17-12-15(17)5-4-10-19;1-3-4-2;1-2/h6-8,11,15,17,19H,1,4-5,9-10,12,18H2,2-3H3;3-4H2,1-2H3;2H,1H3/b7-6-,14-11+,16-8+;;. The van der Waals surface area contributed by atoms with E-state index < -0.39 is 0 Å². The lowest BCUT2D eigenvalue weighted by molar-refractivity contribution is 0.280. The third-order valence-electron chi connectivity index (χ3n) is 4.17. The van der Waals surface area contributed by atoms with Gasteiger partial charge in [0.05, 0.1) is 7.11 Å². The molecule has 0 aliphatic heterocycles. The minimum atomic E-state index is 0.300. The highest BCUT2D eigenvalue weighted by molar-refractivity contribution is 5.35. The molecule has 0 heterocycles. The highest BCUT2D eigenvalue weighted by atomic mass is 16.5. The van der Waals surface area contributed by atoms with E-state index in [0.29, 0.717) is 19.1 Å². The second-order valence-electron chi connectivity index (χ2n) is 6.31. The van der Waals surface area contributed by atoms with Gasteiger partial charge in [-0.25, -0.2) is 0 Å². The third kappa shape index (κ3) is 13.9. The van der Waals surface area contributed by atoms with Gasteiger partial charge in [-0.2, -0.15) is 0 Å². The molecule has 152 valence electrons. The van der Waals surface area contributed by atoms with Crippen molar-refractivity contribution < 1.29 is 14.9 Å². The number of aliphatic hydroxyl groups excluding tert-OH is 2. The number of nitrogens with two attached hydrogens (primary N) is 1. The number of aliphatic hydroxyl groups is 2. The van der Waals surface area contributed by atoms with Crippen LogP contribution in [0.15, 0.2) is 47.8 Å². The first-order chi connectivity index (χ1) is 12.5. The Bertz CT molecular complexity index is 437. The highest BCUT2D eigenvalue weighted by Crippen LogP contribution is 2.47. The van der Waals surface area contributed by atoms with Crippen molar-refractivity contribution in [1.82, 2.24) is 0 Å². The molecular formula is C22H41NO3. The van der Waals surface area contributed by atoms with Crippen LogP contribution in [0.5, 0.6) is 0 Å². The lowest BCUT2D eigenvalue weighted by Gasteiger charge is -2.02. The summed E-state index contributed by atoms with van der Waals surface area (Å²) in [7, 11) is 2.63. The van der Waals surface area contributed by atoms with E-state index in [-0.39, 0.29) is 0 Å². The molecule has 4 nitrogen and oxygen atoms in total. The Labute approximate surface area is 161 Å². The van der Waals surface area contributed by atoms with Crippen LogP contribution in [0.4, 0.5) is 0 Å². The molecule has 1 rings (SSSR count). The molecule has 1 aliphatic carbocycles. The highest BCUT2D eigenvalue weighted by Gasteiger charge is 2.36. The first-order valence-corrected chi connectivity index (χ1v) is 9.58. The summed E-state index contributed by atoms with van der Waals surface area (Å²) in [5.41, 5.74) is 7.80. The number of hydrogen-bond acceptors (Lipinski definition) is 4. The summed E-state index contributed by atoms with van der Waals surface area (Å²) in [4.78, 5) is 0. The number of ether oxygens (including phenoxy) is 1. The summed E-state index contributed by atoms with van der Waals surface area (Å²) in [6, 6.07) is 0. The molecule has 0 amide bonds. The van der Waals surface area contributed by atoms with Gasteiger partial charge in [-0.3, -0.25) is 0 Å². The maximum absolute atomic E-state index is 8.84. The number of rotatable bonds is 10. The Balaban J connectivity index is 0. The van der Waals surface area contributed by atoms with Crippen LogP contribution in [0.25, 0.3) is 0 Å². The first-order valence-electron chi connectivity index (χ1n) is 9.58. The minimum Gasteiger partial charge on any atom is -0.497 e. The Morgan fingerprint density at radius 2 is 1.85 bits per heavy atom. The van der Waals surface area contributed by atoms with Gasteiger partial charge in [0.15, 0.2) is 0 Å². The molecule has 0 aromatic rings. The van der Waals surface area contributed by atoms with E-state index in [1.54, 1.807) is 7.11 Å². The monoisotopic (exact) mass is 367 g/mol. The van der Waals surface area contributed by atoms with E-state index in [9.17, 15) is 0 Å². The van der Waals surface area contributed by atoms with E-state index in [2.05, 4.69) is 33.4 Å². The van der Waals surface area contributed by atoms with Gasteiger partial charge in [0, 0.05) is 20.3 Å². The molecule has 0 saturated heterocycles. The molecule has 1 fully saturated rings. The average Bonchev–Trinajstić information content (AvgIpc) is 3.45. The number of hydrogen-bond donors (Lipinski definition) is 3. The van der Waals surface area contributed by atoms with Crippen molar-refractivity contribution >= 4 is 0 Å². The zero-order valence-electron chi connectivity index (χ0n) is 17.5. The van der Waals surface area contributed by atoms with Crippen LogP contribution >= 0.6 is 0 Å². The molecule has 4 N–H and O–H groups in total. The van der Waals surface area contributed by atoms with Gasteiger partial charge in [-0.1, -0.05) is 51.0 Å². The van der Waals surface area contributed by atoms with E-state index in [1.165, 1.54) is 24.8 Å². The van der Waals surface area contributed by atoms with Crippen LogP contribution in [0.1, 0.15) is 52.9 Å². The van der Waals surface area contributed by atoms with Crippen LogP contribution < -0.4 is 5.73 Å². The summed E-state index contributed by atoms with van der Waals surface area (Å²) in [6.45, 7) is 11.3. The van der Waals surface area contributed by atoms with E-state index in [0.717, 1.165) is 37.2 Å². The fourth-order valence-electron chi connectivity index (χ4n) is 2.45. The maximum Gasteiger partial charge on any atom is 0.116 e. The van der Waals surface area contributed by atoms with Gasteiger partial charge in [0.2, 0.25) is 0 Å². The molecule has 0 spiro atoms. The van der Waals surface area contributed by atoms with Gasteiger partial charge in [-0.05, 0) is 55.7 Å². The first kappa shape index (κ1) is 26.9. The van der Waals surface area contributed by atoms with Crippen molar-refractivity contribution in [1.29, 1.82) is 0 Å². The summed E-state index contributed by atoms with van der Waals surface area (Å²) < 4.78 is 5.18. The number of allylic oxidation sites excluding steroid dienone is 5. The molecule has 4 heteroatoms. The van der Waals surface area contributed by atoms with Crippen LogP contribution in [0.2, 0.25) is 0 Å². The maximum atomic E-state index is 8.84. The second-order valence-corrected chi connectivity index (χ2v) is 6.31. The van der Waals surface area contributed by atoms with Crippen LogP contribution in [0.3, 0.4) is 0 Å². The molecule has 0 aromatic heterocycles. The molecule has 0 bridgehead atoms. The van der Waals surface area contributed by atoms with Crippen molar-refractivity contribution in [2.45, 2.75) is 52.9 Å². The van der Waals surface area contributed by atoms with Gasteiger partial charge in [0.25, 0.3) is 0 Å². The van der Waals surface area contributed by atoms with Crippen LogP contribution in [0, 0.1) is 11.8 Å². The summed E-state index contributed by atoms with van der Waals surface area (Å²) in [6.07, 6.45) is 13.7. The molecule has 0 aromatic carbocycles. The van der Waals surface area contributed by atoms with Gasteiger partial charge < -0.3 is 20.7 Å². The minimum absolute atomic E-state index is 0.300. The van der Waals surface area contributed by atoms with Gasteiger partial charge >= 0.3 is 0 Å². The fourth-order valence-corrected chi connectivity index (χ4v) is 2.45. The third-order valence-corrected chi connectivity index (χ3v) is 4.17. The van der Waals surface area contributed by atoms with E-state index in [1.807, 2.05) is 18.2 Å². The van der Waals surface area contributed by atoms with Crippen molar-refractivity contribution in [3.63, 3.8) is 0 Å². The van der Waals surface area contributed by atoms with Crippen molar-refractivity contribution in [2.24, 2.45) is 17.6 Å². The predicted molar refractivity (Wildman–Crippen MR) is 113 cm³/mol. The second kappa shape index (κ2) is 18.4. The largest absolute Gasteiger partial charge is 0.497 e. The van der Waals surface area contributed by atoms with Gasteiger partial charge in [0.1, 0.15) is 5.76 Å². The summed E-state index contributed by atoms with van der Waals surface area (Å²) in [5, 5.41) is 15.8. The Morgan fingerprint density at radius 3 is 2.31 bits per heavy atom. The molecule has 26 heavy (non-hydrogen) atoms. The van der Waals surface area contributed by atoms with Crippen molar-refractivity contribution in [2.75, 3.05) is 27.4 Å². The molecule has 2 atom stereocenters. The van der Waals surface area contributed by atoms with E-state index in [4.69, 9.17) is 20.7 Å². The Hall–Kier alpha value is -1.36. The molecule has 2 unspecified atom stereocenters. The lowest BCUT2D eigenvalue weighted by atomic mass is 10.1.